The summed E-state index contributed by atoms with van der Waals surface area (Å²) in [5.74, 6) is -2.06. The first kappa shape index (κ1) is 23.5. The Bertz CT molecular complexity index is 1060. The van der Waals surface area contributed by atoms with E-state index in [4.69, 9.17) is 24.3 Å². The van der Waals surface area contributed by atoms with Crippen molar-refractivity contribution in [1.82, 2.24) is 30.3 Å². The van der Waals surface area contributed by atoms with Crippen LogP contribution < -0.4 is 5.32 Å². The Labute approximate surface area is 188 Å². The van der Waals surface area contributed by atoms with Gasteiger partial charge in [0.2, 0.25) is 23.4 Å². The fraction of sp³-hybridized carbons (Fsp3) is 0.286. The predicted molar refractivity (Wildman–Crippen MR) is 113 cm³/mol. The number of likely N-dealkylation sites (tertiary alicyclic amines) is 1. The summed E-state index contributed by atoms with van der Waals surface area (Å²) in [6.45, 7) is 2.48. The highest BCUT2D eigenvalue weighted by Crippen LogP contribution is 2.26. The number of aromatic nitrogens is 4. The molecule has 0 spiro atoms. The van der Waals surface area contributed by atoms with Gasteiger partial charge in [-0.1, -0.05) is 35.5 Å². The van der Waals surface area contributed by atoms with E-state index >= 15 is 0 Å². The molecule has 12 heteroatoms. The lowest BCUT2D eigenvalue weighted by molar-refractivity contribution is -0.159. The van der Waals surface area contributed by atoms with Crippen molar-refractivity contribution in [3.8, 4) is 11.6 Å². The Balaban J connectivity index is 0.000000454. The Morgan fingerprint density at radius 1 is 1.00 bits per heavy atom. The molecule has 0 radical (unpaired) electrons. The Hall–Kier alpha value is -4.19. The van der Waals surface area contributed by atoms with E-state index < -0.39 is 11.9 Å². The molecule has 1 aromatic carbocycles. The molecule has 1 amide bonds. The van der Waals surface area contributed by atoms with Gasteiger partial charge in [-0.25, -0.2) is 19.6 Å². The molecule has 0 unspecified atom stereocenters. The van der Waals surface area contributed by atoms with Crippen LogP contribution in [0.1, 0.15) is 17.4 Å². The molecule has 0 aliphatic carbocycles. The van der Waals surface area contributed by atoms with Gasteiger partial charge in [-0.15, -0.1) is 0 Å². The smallest absolute Gasteiger partial charge is 0.414 e. The monoisotopic (exact) mass is 454 g/mol. The zero-order valence-electron chi connectivity index (χ0n) is 17.5. The van der Waals surface area contributed by atoms with Gasteiger partial charge >= 0.3 is 11.9 Å². The summed E-state index contributed by atoms with van der Waals surface area (Å²) in [6.07, 6.45) is 4.11. The highest BCUT2D eigenvalue weighted by Gasteiger charge is 2.33. The lowest BCUT2D eigenvalue weighted by Crippen LogP contribution is -2.49. The van der Waals surface area contributed by atoms with Gasteiger partial charge in [0.1, 0.15) is 0 Å². The van der Waals surface area contributed by atoms with Gasteiger partial charge in [0.25, 0.3) is 0 Å². The molecule has 33 heavy (non-hydrogen) atoms. The van der Waals surface area contributed by atoms with E-state index in [0.29, 0.717) is 30.6 Å². The average Bonchev–Trinajstić information content (AvgIpc) is 3.27. The fourth-order valence-corrected chi connectivity index (χ4v) is 3.01. The van der Waals surface area contributed by atoms with Crippen LogP contribution in [-0.4, -0.2) is 79.2 Å². The SMILES string of the molecule is O=C(CN1CC(c2nc(-c3ncccn3)no2)C1)NCCc1ccccc1.O=C(O)C(=O)O. The van der Waals surface area contributed by atoms with Crippen molar-refractivity contribution >= 4 is 17.8 Å². The molecule has 12 nitrogen and oxygen atoms in total. The van der Waals surface area contributed by atoms with Crippen LogP contribution in [0.25, 0.3) is 11.6 Å². The molecule has 172 valence electrons. The summed E-state index contributed by atoms with van der Waals surface area (Å²) in [4.78, 5) is 44.9. The van der Waals surface area contributed by atoms with Gasteiger partial charge in [0.05, 0.1) is 12.5 Å². The maximum Gasteiger partial charge on any atom is 0.414 e. The molecule has 1 saturated heterocycles. The molecule has 0 atom stereocenters. The van der Waals surface area contributed by atoms with Crippen molar-refractivity contribution in [1.29, 1.82) is 0 Å². The van der Waals surface area contributed by atoms with E-state index in [-0.39, 0.29) is 11.8 Å². The zero-order chi connectivity index (χ0) is 23.6. The fourth-order valence-electron chi connectivity index (χ4n) is 3.01. The first-order valence-corrected chi connectivity index (χ1v) is 10.0. The van der Waals surface area contributed by atoms with Crippen molar-refractivity contribution in [2.45, 2.75) is 12.3 Å². The van der Waals surface area contributed by atoms with Crippen LogP contribution in [0.3, 0.4) is 0 Å². The predicted octanol–water partition coefficient (Wildman–Crippen LogP) is 0.440. The van der Waals surface area contributed by atoms with Crippen LogP contribution in [0.5, 0.6) is 0 Å². The number of benzene rings is 1. The highest BCUT2D eigenvalue weighted by atomic mass is 16.5. The van der Waals surface area contributed by atoms with Gasteiger partial charge in [-0.3, -0.25) is 9.69 Å². The molecule has 4 rings (SSSR count). The quantitative estimate of drug-likeness (QED) is 0.423. The van der Waals surface area contributed by atoms with Crippen molar-refractivity contribution in [2.24, 2.45) is 0 Å². The van der Waals surface area contributed by atoms with Crippen LogP contribution in [0.2, 0.25) is 0 Å². The molecule has 0 saturated carbocycles. The van der Waals surface area contributed by atoms with E-state index in [1.807, 2.05) is 18.2 Å². The van der Waals surface area contributed by atoms with Gasteiger partial charge in [-0.05, 0) is 18.1 Å². The molecular weight excluding hydrogens is 432 g/mol. The number of nitrogens with one attached hydrogen (secondary N) is 1. The minimum Gasteiger partial charge on any atom is -0.473 e. The Kier molecular flexibility index (Phi) is 8.13. The van der Waals surface area contributed by atoms with Crippen LogP contribution in [-0.2, 0) is 20.8 Å². The van der Waals surface area contributed by atoms with E-state index in [2.05, 4.69) is 42.5 Å². The van der Waals surface area contributed by atoms with Gasteiger partial charge in [0, 0.05) is 32.0 Å². The molecule has 1 aliphatic rings. The molecular formula is C21H22N6O6. The molecule has 0 bridgehead atoms. The second-order valence-electron chi connectivity index (χ2n) is 7.12. The molecule has 3 aromatic rings. The Morgan fingerprint density at radius 3 is 2.30 bits per heavy atom. The number of carbonyl (C=O) groups is 3. The number of aliphatic carboxylic acids is 2. The summed E-state index contributed by atoms with van der Waals surface area (Å²) in [5, 5.41) is 21.7. The number of carboxylic acid groups (broad SMARTS) is 2. The van der Waals surface area contributed by atoms with Gasteiger partial charge in [-0.2, -0.15) is 4.98 Å². The number of carboxylic acids is 2. The molecule has 1 aliphatic heterocycles. The first-order chi connectivity index (χ1) is 15.9. The summed E-state index contributed by atoms with van der Waals surface area (Å²) in [6, 6.07) is 11.9. The minimum atomic E-state index is -1.82. The number of hydrogen-bond donors (Lipinski definition) is 3. The first-order valence-electron chi connectivity index (χ1n) is 10.0. The molecule has 1 fully saturated rings. The normalized spacial score (nSPS) is 13.3. The largest absolute Gasteiger partial charge is 0.473 e. The highest BCUT2D eigenvalue weighted by molar-refractivity contribution is 6.27. The van der Waals surface area contributed by atoms with Gasteiger partial charge < -0.3 is 20.1 Å². The van der Waals surface area contributed by atoms with Crippen LogP contribution >= 0.6 is 0 Å². The summed E-state index contributed by atoms with van der Waals surface area (Å²) in [7, 11) is 0. The second-order valence-corrected chi connectivity index (χ2v) is 7.12. The minimum absolute atomic E-state index is 0.0354. The molecule has 2 aromatic heterocycles. The van der Waals surface area contributed by atoms with Crippen molar-refractivity contribution in [3.63, 3.8) is 0 Å². The van der Waals surface area contributed by atoms with E-state index in [1.165, 1.54) is 5.56 Å². The van der Waals surface area contributed by atoms with E-state index in [9.17, 15) is 4.79 Å². The lowest BCUT2D eigenvalue weighted by Gasteiger charge is -2.36. The number of amides is 1. The van der Waals surface area contributed by atoms with Crippen molar-refractivity contribution in [3.05, 3.63) is 60.2 Å². The molecule has 3 heterocycles. The topological polar surface area (TPSA) is 172 Å². The average molecular weight is 454 g/mol. The second kappa shape index (κ2) is 11.4. The number of hydrogen-bond acceptors (Lipinski definition) is 9. The van der Waals surface area contributed by atoms with Crippen LogP contribution in [0.15, 0.2) is 53.3 Å². The van der Waals surface area contributed by atoms with Crippen LogP contribution in [0.4, 0.5) is 0 Å². The third-order valence-corrected chi connectivity index (χ3v) is 4.64. The number of rotatable bonds is 7. The number of carbonyl (C=O) groups excluding carboxylic acids is 1. The lowest BCUT2D eigenvalue weighted by atomic mass is 10.0. The maximum absolute atomic E-state index is 12.0. The summed E-state index contributed by atoms with van der Waals surface area (Å²) >= 11 is 0. The third-order valence-electron chi connectivity index (χ3n) is 4.64. The summed E-state index contributed by atoms with van der Waals surface area (Å²) in [5.41, 5.74) is 1.22. The number of nitrogens with zero attached hydrogens (tertiary/aromatic N) is 5. The van der Waals surface area contributed by atoms with E-state index in [1.54, 1.807) is 18.5 Å². The maximum atomic E-state index is 12.0. The zero-order valence-corrected chi connectivity index (χ0v) is 17.5. The van der Waals surface area contributed by atoms with Crippen molar-refractivity contribution < 1.29 is 29.1 Å². The third kappa shape index (κ3) is 7.18. The van der Waals surface area contributed by atoms with Crippen molar-refractivity contribution in [2.75, 3.05) is 26.2 Å². The van der Waals surface area contributed by atoms with Gasteiger partial charge in [0.15, 0.2) is 0 Å². The standard InChI is InChI=1S/C19H20N6O2.C2H2O4/c26-16(20-10-7-14-5-2-1-3-6-14)13-25-11-15(12-25)19-23-18(24-27-19)17-21-8-4-9-22-17;3-1(4)2(5)6/h1-6,8-9,15H,7,10-13H2,(H,20,26);(H,3,4)(H,5,6). The molecule has 3 N–H and O–H groups in total. The van der Waals surface area contributed by atoms with Crippen LogP contribution in [0, 0.1) is 0 Å². The van der Waals surface area contributed by atoms with E-state index in [0.717, 1.165) is 19.5 Å². The summed E-state index contributed by atoms with van der Waals surface area (Å²) < 4.78 is 5.32. The Morgan fingerprint density at radius 2 is 1.67 bits per heavy atom.